The molecule has 18 heavy (non-hydrogen) atoms. The summed E-state index contributed by atoms with van der Waals surface area (Å²) in [4.78, 5) is 24.4. The molecule has 2 aliphatic heterocycles. The fourth-order valence-corrected chi connectivity index (χ4v) is 2.52. The first kappa shape index (κ1) is 11.3. The van der Waals surface area contributed by atoms with Gasteiger partial charge >= 0.3 is 6.09 Å². The lowest BCUT2D eigenvalue weighted by Crippen LogP contribution is -2.48. The minimum Gasteiger partial charge on any atom is -0.489 e. The number of hydrogen-bond donors (Lipinski definition) is 1. The third-order valence-corrected chi connectivity index (χ3v) is 3.47. The molecule has 2 aliphatic rings. The number of cyclic esters (lactones) is 1. The average molecular weight is 313 g/mol. The highest BCUT2D eigenvalue weighted by Crippen LogP contribution is 2.39. The van der Waals surface area contributed by atoms with Gasteiger partial charge in [0.25, 0.3) is 5.91 Å². The van der Waals surface area contributed by atoms with Gasteiger partial charge in [0.05, 0.1) is 5.69 Å². The van der Waals surface area contributed by atoms with Gasteiger partial charge in [-0.25, -0.2) is 4.79 Å². The van der Waals surface area contributed by atoms with Crippen LogP contribution in [0.25, 0.3) is 0 Å². The van der Waals surface area contributed by atoms with Gasteiger partial charge in [-0.05, 0) is 18.2 Å². The number of rotatable bonds is 1. The van der Waals surface area contributed by atoms with Crippen LogP contribution in [0.2, 0.25) is 0 Å². The SMILES string of the molecule is NC(=O)[C@@H]1OC(=O)N2c3ccc(Br)cc3OC[C@@H]12. The lowest BCUT2D eigenvalue weighted by molar-refractivity contribution is -0.125. The number of nitrogens with two attached hydrogens (primary N) is 1. The number of fused-ring (bicyclic) bond motifs is 3. The summed E-state index contributed by atoms with van der Waals surface area (Å²) in [6.45, 7) is 0.183. The molecule has 1 aromatic carbocycles. The van der Waals surface area contributed by atoms with Crippen LogP contribution in [0.4, 0.5) is 10.5 Å². The van der Waals surface area contributed by atoms with Gasteiger partial charge in [0.2, 0.25) is 6.10 Å². The van der Waals surface area contributed by atoms with Gasteiger partial charge in [-0.2, -0.15) is 0 Å². The summed E-state index contributed by atoms with van der Waals surface area (Å²) in [7, 11) is 0. The van der Waals surface area contributed by atoms with Crippen molar-refractivity contribution in [3.63, 3.8) is 0 Å². The molecular formula is C11H9BrN2O4. The van der Waals surface area contributed by atoms with E-state index in [2.05, 4.69) is 15.9 Å². The summed E-state index contributed by atoms with van der Waals surface area (Å²) < 4.78 is 11.4. The Balaban J connectivity index is 2.04. The largest absolute Gasteiger partial charge is 0.489 e. The monoisotopic (exact) mass is 312 g/mol. The molecule has 6 nitrogen and oxygen atoms in total. The van der Waals surface area contributed by atoms with Crippen molar-refractivity contribution in [3.8, 4) is 5.75 Å². The van der Waals surface area contributed by atoms with Gasteiger partial charge in [-0.3, -0.25) is 9.69 Å². The molecule has 2 heterocycles. The number of carbonyl (C=O) groups excluding carboxylic acids is 2. The van der Waals surface area contributed by atoms with Crippen LogP contribution < -0.4 is 15.4 Å². The van der Waals surface area contributed by atoms with Crippen LogP contribution in [0.5, 0.6) is 5.75 Å². The Kier molecular flexibility index (Phi) is 2.44. The van der Waals surface area contributed by atoms with Crippen LogP contribution >= 0.6 is 15.9 Å². The minimum absolute atomic E-state index is 0.183. The molecule has 94 valence electrons. The fraction of sp³-hybridized carbons (Fsp3) is 0.273. The van der Waals surface area contributed by atoms with E-state index in [-0.39, 0.29) is 6.61 Å². The van der Waals surface area contributed by atoms with E-state index < -0.39 is 24.1 Å². The van der Waals surface area contributed by atoms with Crippen molar-refractivity contribution < 1.29 is 19.1 Å². The highest BCUT2D eigenvalue weighted by Gasteiger charge is 2.49. The molecule has 0 unspecified atom stereocenters. The van der Waals surface area contributed by atoms with E-state index in [0.29, 0.717) is 11.4 Å². The van der Waals surface area contributed by atoms with E-state index in [0.717, 1.165) is 4.47 Å². The fourth-order valence-electron chi connectivity index (χ4n) is 2.18. The maximum Gasteiger partial charge on any atom is 0.415 e. The van der Waals surface area contributed by atoms with Crippen LogP contribution in [0.1, 0.15) is 0 Å². The Morgan fingerprint density at radius 2 is 2.28 bits per heavy atom. The first-order valence-electron chi connectivity index (χ1n) is 5.29. The molecular weight excluding hydrogens is 304 g/mol. The van der Waals surface area contributed by atoms with E-state index in [4.69, 9.17) is 15.2 Å². The van der Waals surface area contributed by atoms with Crippen molar-refractivity contribution in [3.05, 3.63) is 22.7 Å². The average Bonchev–Trinajstić information content (AvgIpc) is 2.67. The topological polar surface area (TPSA) is 81.9 Å². The smallest absolute Gasteiger partial charge is 0.415 e. The molecule has 0 aromatic heterocycles. The predicted molar refractivity (Wildman–Crippen MR) is 65.4 cm³/mol. The summed E-state index contributed by atoms with van der Waals surface area (Å²) in [5.41, 5.74) is 5.79. The maximum absolute atomic E-state index is 11.8. The Bertz CT molecular complexity index is 548. The highest BCUT2D eigenvalue weighted by atomic mass is 79.9. The lowest BCUT2D eigenvalue weighted by atomic mass is 10.1. The van der Waals surface area contributed by atoms with E-state index in [1.807, 2.05) is 0 Å². The highest BCUT2D eigenvalue weighted by molar-refractivity contribution is 9.10. The number of ether oxygens (including phenoxy) is 2. The number of carbonyl (C=O) groups is 2. The zero-order valence-corrected chi connectivity index (χ0v) is 10.7. The maximum atomic E-state index is 11.8. The first-order chi connectivity index (χ1) is 8.58. The number of halogens is 1. The van der Waals surface area contributed by atoms with Crippen LogP contribution in [-0.2, 0) is 9.53 Å². The van der Waals surface area contributed by atoms with Crippen LogP contribution in [0, 0.1) is 0 Å². The first-order valence-corrected chi connectivity index (χ1v) is 6.09. The van der Waals surface area contributed by atoms with Gasteiger partial charge in [0, 0.05) is 4.47 Å². The van der Waals surface area contributed by atoms with Gasteiger partial charge < -0.3 is 15.2 Å². The van der Waals surface area contributed by atoms with Crippen LogP contribution in [-0.4, -0.2) is 30.8 Å². The van der Waals surface area contributed by atoms with Crippen molar-refractivity contribution in [2.24, 2.45) is 5.73 Å². The Hall–Kier alpha value is -1.76. The summed E-state index contributed by atoms with van der Waals surface area (Å²) >= 11 is 3.32. The van der Waals surface area contributed by atoms with Gasteiger partial charge in [-0.15, -0.1) is 0 Å². The van der Waals surface area contributed by atoms with Crippen molar-refractivity contribution in [1.29, 1.82) is 0 Å². The van der Waals surface area contributed by atoms with E-state index >= 15 is 0 Å². The van der Waals surface area contributed by atoms with Gasteiger partial charge in [0.1, 0.15) is 18.4 Å². The van der Waals surface area contributed by atoms with Crippen molar-refractivity contribution in [2.45, 2.75) is 12.1 Å². The number of nitrogens with zero attached hydrogens (tertiary/aromatic N) is 1. The summed E-state index contributed by atoms with van der Waals surface area (Å²) in [5, 5.41) is 0. The number of benzene rings is 1. The zero-order chi connectivity index (χ0) is 12.9. The summed E-state index contributed by atoms with van der Waals surface area (Å²) in [6, 6.07) is 4.78. The van der Waals surface area contributed by atoms with Crippen molar-refractivity contribution in [1.82, 2.24) is 0 Å². The zero-order valence-electron chi connectivity index (χ0n) is 9.13. The number of amides is 2. The number of primary amides is 1. The molecule has 0 spiro atoms. The van der Waals surface area contributed by atoms with E-state index in [9.17, 15) is 9.59 Å². The van der Waals surface area contributed by atoms with E-state index in [1.165, 1.54) is 4.90 Å². The molecule has 2 amide bonds. The lowest BCUT2D eigenvalue weighted by Gasteiger charge is -2.30. The predicted octanol–water partition coefficient (Wildman–Crippen LogP) is 1.02. The molecule has 2 N–H and O–H groups in total. The normalized spacial score (nSPS) is 24.9. The third-order valence-electron chi connectivity index (χ3n) is 2.98. The quantitative estimate of drug-likeness (QED) is 0.839. The molecule has 0 aliphatic carbocycles. The van der Waals surface area contributed by atoms with Crippen LogP contribution in [0.3, 0.4) is 0 Å². The minimum atomic E-state index is -0.964. The molecule has 1 aromatic rings. The standard InChI is InChI=1S/C11H9BrN2O4/c12-5-1-2-6-8(3-5)17-4-7-9(10(13)15)18-11(16)14(6)7/h1-3,7,9H,4H2,(H2,13,15)/t7-,9+/m0/s1. The molecule has 0 bridgehead atoms. The van der Waals surface area contributed by atoms with Crippen LogP contribution in [0.15, 0.2) is 22.7 Å². The summed E-state index contributed by atoms with van der Waals surface area (Å²) in [5.74, 6) is -0.0947. The Labute approximate surface area is 111 Å². The third kappa shape index (κ3) is 1.54. The van der Waals surface area contributed by atoms with Crippen molar-refractivity contribution >= 4 is 33.6 Å². The molecule has 2 atom stereocenters. The molecule has 1 fully saturated rings. The molecule has 0 saturated carbocycles. The van der Waals surface area contributed by atoms with E-state index in [1.54, 1.807) is 18.2 Å². The second-order valence-electron chi connectivity index (χ2n) is 4.07. The molecule has 1 saturated heterocycles. The second kappa shape index (κ2) is 3.88. The number of anilines is 1. The van der Waals surface area contributed by atoms with Gasteiger partial charge in [-0.1, -0.05) is 15.9 Å². The summed E-state index contributed by atoms with van der Waals surface area (Å²) in [6.07, 6.45) is -1.54. The molecule has 0 radical (unpaired) electrons. The van der Waals surface area contributed by atoms with Gasteiger partial charge in [0.15, 0.2) is 0 Å². The Morgan fingerprint density at radius 3 is 3.00 bits per heavy atom. The second-order valence-corrected chi connectivity index (χ2v) is 4.98. The number of hydrogen-bond acceptors (Lipinski definition) is 4. The van der Waals surface area contributed by atoms with Crippen molar-refractivity contribution in [2.75, 3.05) is 11.5 Å². The molecule has 7 heteroatoms. The Morgan fingerprint density at radius 1 is 1.50 bits per heavy atom. The molecule has 3 rings (SSSR count).